The lowest BCUT2D eigenvalue weighted by atomic mass is 9.94. The average molecular weight is 291 g/mol. The number of carbonyl (C=O) groups is 1. The molecule has 0 saturated carbocycles. The maximum Gasteiger partial charge on any atom is 0.237 e. The molecule has 4 nitrogen and oxygen atoms in total. The van der Waals surface area contributed by atoms with Gasteiger partial charge in [-0.1, -0.05) is 18.6 Å². The van der Waals surface area contributed by atoms with Crippen molar-refractivity contribution in [3.05, 3.63) is 25.3 Å². The van der Waals surface area contributed by atoms with E-state index in [1.54, 1.807) is 12.2 Å². The molecule has 2 rings (SSSR count). The Morgan fingerprint density at radius 2 is 1.95 bits per heavy atom. The fraction of sp³-hybridized carbons (Fsp3) is 0.706. The summed E-state index contributed by atoms with van der Waals surface area (Å²) in [5, 5.41) is 3.61. The molecule has 1 N–H and O–H groups in total. The topological polar surface area (TPSA) is 35.6 Å². The van der Waals surface area contributed by atoms with E-state index in [1.807, 2.05) is 4.90 Å². The molecule has 0 bridgehead atoms. The minimum absolute atomic E-state index is 0.194. The first kappa shape index (κ1) is 16.2. The zero-order chi connectivity index (χ0) is 15.1. The summed E-state index contributed by atoms with van der Waals surface area (Å²) in [6.07, 6.45) is 9.80. The van der Waals surface area contributed by atoms with Crippen molar-refractivity contribution in [1.29, 1.82) is 0 Å². The highest BCUT2D eigenvalue weighted by Gasteiger charge is 2.32. The van der Waals surface area contributed by atoms with Gasteiger partial charge in [-0.2, -0.15) is 0 Å². The van der Waals surface area contributed by atoms with E-state index >= 15 is 0 Å². The summed E-state index contributed by atoms with van der Waals surface area (Å²) < 4.78 is 0. The number of amides is 1. The lowest BCUT2D eigenvalue weighted by Crippen LogP contribution is -2.53. The molecule has 21 heavy (non-hydrogen) atoms. The molecule has 2 atom stereocenters. The first-order valence-electron chi connectivity index (χ1n) is 8.23. The Morgan fingerprint density at radius 3 is 2.57 bits per heavy atom. The fourth-order valence-corrected chi connectivity index (χ4v) is 3.57. The quantitative estimate of drug-likeness (QED) is 0.727. The number of carbonyl (C=O) groups excluding carboxylic acids is 1. The first-order chi connectivity index (χ1) is 10.3. The number of hydrogen-bond donors (Lipinski definition) is 1. The fourth-order valence-electron chi connectivity index (χ4n) is 3.57. The van der Waals surface area contributed by atoms with Crippen LogP contribution >= 0.6 is 0 Å². The van der Waals surface area contributed by atoms with Gasteiger partial charge in [-0.05, 0) is 38.8 Å². The van der Waals surface area contributed by atoms with Crippen LogP contribution in [0.15, 0.2) is 25.3 Å². The average Bonchev–Trinajstić information content (AvgIpc) is 3.01. The summed E-state index contributed by atoms with van der Waals surface area (Å²) in [5.74, 6) is 0.194. The van der Waals surface area contributed by atoms with Crippen molar-refractivity contribution in [2.45, 2.75) is 44.2 Å². The summed E-state index contributed by atoms with van der Waals surface area (Å²) in [7, 11) is 0. The van der Waals surface area contributed by atoms with Gasteiger partial charge in [0.15, 0.2) is 0 Å². The molecular formula is C17H29N3O. The zero-order valence-corrected chi connectivity index (χ0v) is 13.1. The second-order valence-corrected chi connectivity index (χ2v) is 6.11. The minimum atomic E-state index is 0.194. The van der Waals surface area contributed by atoms with Gasteiger partial charge in [0.05, 0.1) is 6.54 Å². The molecule has 0 aliphatic carbocycles. The Morgan fingerprint density at radius 1 is 1.19 bits per heavy atom. The Kier molecular flexibility index (Phi) is 6.46. The highest BCUT2D eigenvalue weighted by molar-refractivity contribution is 5.78. The number of nitrogens with zero attached hydrogens (tertiary/aromatic N) is 2. The number of rotatable bonds is 7. The van der Waals surface area contributed by atoms with Crippen molar-refractivity contribution in [2.75, 3.05) is 32.7 Å². The summed E-state index contributed by atoms with van der Waals surface area (Å²) in [6.45, 7) is 11.4. The molecule has 0 aromatic rings. The van der Waals surface area contributed by atoms with Gasteiger partial charge in [0.25, 0.3) is 0 Å². The van der Waals surface area contributed by atoms with Crippen LogP contribution < -0.4 is 5.32 Å². The Bertz CT molecular complexity index is 353. The summed E-state index contributed by atoms with van der Waals surface area (Å²) in [5.41, 5.74) is 0. The minimum Gasteiger partial charge on any atom is -0.334 e. The lowest BCUT2D eigenvalue weighted by Gasteiger charge is -2.39. The van der Waals surface area contributed by atoms with E-state index in [0.717, 1.165) is 13.1 Å². The second kappa shape index (κ2) is 8.35. The molecule has 2 unspecified atom stereocenters. The van der Waals surface area contributed by atoms with Crippen molar-refractivity contribution in [3.8, 4) is 0 Å². The summed E-state index contributed by atoms with van der Waals surface area (Å²) in [4.78, 5) is 16.7. The van der Waals surface area contributed by atoms with E-state index in [4.69, 9.17) is 0 Å². The largest absolute Gasteiger partial charge is 0.334 e. The van der Waals surface area contributed by atoms with Crippen LogP contribution in [0.1, 0.15) is 32.1 Å². The van der Waals surface area contributed by atoms with Crippen molar-refractivity contribution < 1.29 is 4.79 Å². The molecule has 1 amide bonds. The normalized spacial score (nSPS) is 26.5. The zero-order valence-electron chi connectivity index (χ0n) is 13.1. The number of piperidine rings is 1. The van der Waals surface area contributed by atoms with E-state index in [1.165, 1.54) is 32.1 Å². The van der Waals surface area contributed by atoms with Gasteiger partial charge in [-0.3, -0.25) is 9.69 Å². The molecule has 2 aliphatic heterocycles. The number of likely N-dealkylation sites (tertiary alicyclic amines) is 1. The van der Waals surface area contributed by atoms with Gasteiger partial charge >= 0.3 is 0 Å². The maximum absolute atomic E-state index is 12.5. The Balaban J connectivity index is 1.95. The second-order valence-electron chi connectivity index (χ2n) is 6.11. The van der Waals surface area contributed by atoms with Crippen molar-refractivity contribution >= 4 is 5.91 Å². The molecule has 0 radical (unpaired) electrons. The lowest BCUT2D eigenvalue weighted by molar-refractivity contribution is -0.132. The molecule has 4 heteroatoms. The molecule has 2 heterocycles. The van der Waals surface area contributed by atoms with Crippen LogP contribution in [0.4, 0.5) is 0 Å². The van der Waals surface area contributed by atoms with Gasteiger partial charge in [0.1, 0.15) is 0 Å². The third kappa shape index (κ3) is 4.42. The van der Waals surface area contributed by atoms with Crippen LogP contribution in [0.25, 0.3) is 0 Å². The van der Waals surface area contributed by atoms with Gasteiger partial charge in [0.2, 0.25) is 5.91 Å². The van der Waals surface area contributed by atoms with Crippen molar-refractivity contribution in [3.63, 3.8) is 0 Å². The number of hydrogen-bond acceptors (Lipinski definition) is 3. The predicted molar refractivity (Wildman–Crippen MR) is 87.2 cm³/mol. The van der Waals surface area contributed by atoms with E-state index < -0.39 is 0 Å². The van der Waals surface area contributed by atoms with Crippen LogP contribution in [0.3, 0.4) is 0 Å². The molecule has 2 aliphatic rings. The maximum atomic E-state index is 12.5. The molecule has 0 spiro atoms. The highest BCUT2D eigenvalue weighted by Crippen LogP contribution is 2.24. The van der Waals surface area contributed by atoms with E-state index in [2.05, 4.69) is 23.4 Å². The van der Waals surface area contributed by atoms with Crippen LogP contribution in [0.5, 0.6) is 0 Å². The van der Waals surface area contributed by atoms with Crippen LogP contribution in [-0.2, 0) is 4.79 Å². The van der Waals surface area contributed by atoms with Crippen LogP contribution in [0.2, 0.25) is 0 Å². The van der Waals surface area contributed by atoms with E-state index in [9.17, 15) is 4.79 Å². The predicted octanol–water partition coefficient (Wildman–Crippen LogP) is 1.79. The van der Waals surface area contributed by atoms with Gasteiger partial charge < -0.3 is 10.2 Å². The van der Waals surface area contributed by atoms with E-state index in [-0.39, 0.29) is 5.91 Å². The van der Waals surface area contributed by atoms with E-state index in [0.29, 0.717) is 31.7 Å². The molecule has 2 saturated heterocycles. The first-order valence-corrected chi connectivity index (χ1v) is 8.23. The van der Waals surface area contributed by atoms with Gasteiger partial charge in [-0.25, -0.2) is 0 Å². The molecule has 2 fully saturated rings. The smallest absolute Gasteiger partial charge is 0.237 e. The van der Waals surface area contributed by atoms with Gasteiger partial charge in [-0.15, -0.1) is 13.2 Å². The molecule has 118 valence electrons. The Labute approximate surface area is 128 Å². The third-order valence-electron chi connectivity index (χ3n) is 4.62. The molecule has 0 aromatic carbocycles. The standard InChI is InChI=1S/C17H29N3O/c1-3-11-19(12-4-2)17(21)14-20-13-6-5-9-16(20)15-8-7-10-18-15/h3-4,15-16,18H,1-2,5-14H2. The van der Waals surface area contributed by atoms with Crippen LogP contribution in [-0.4, -0.2) is 60.5 Å². The molecular weight excluding hydrogens is 262 g/mol. The SMILES string of the molecule is C=CCN(CC=C)C(=O)CN1CCCCC1C1CCCN1. The summed E-state index contributed by atoms with van der Waals surface area (Å²) >= 11 is 0. The van der Waals surface area contributed by atoms with Crippen LogP contribution in [0, 0.1) is 0 Å². The number of nitrogens with one attached hydrogen (secondary N) is 1. The highest BCUT2D eigenvalue weighted by atomic mass is 16.2. The third-order valence-corrected chi connectivity index (χ3v) is 4.62. The molecule has 0 aromatic heterocycles. The van der Waals surface area contributed by atoms with Crippen molar-refractivity contribution in [1.82, 2.24) is 15.1 Å². The summed E-state index contributed by atoms with van der Waals surface area (Å²) in [6, 6.07) is 1.10. The van der Waals surface area contributed by atoms with Crippen molar-refractivity contribution in [2.24, 2.45) is 0 Å². The monoisotopic (exact) mass is 291 g/mol. The Hall–Kier alpha value is -1.13. The van der Waals surface area contributed by atoms with Gasteiger partial charge in [0, 0.05) is 25.2 Å².